The van der Waals surface area contributed by atoms with E-state index in [4.69, 9.17) is 4.74 Å². The number of para-hydroxylation sites is 1. The maximum Gasteiger partial charge on any atom is 0.270 e. The molecule has 1 fully saturated rings. The first-order valence-electron chi connectivity index (χ1n) is 9.66. The van der Waals surface area contributed by atoms with Crippen LogP contribution >= 0.6 is 0 Å². The third-order valence-corrected chi connectivity index (χ3v) is 5.88. The van der Waals surface area contributed by atoms with Gasteiger partial charge < -0.3 is 19.9 Å². The number of methoxy groups -OCH3 is 1. The molecule has 2 aromatic heterocycles. The number of amides is 1. The molecule has 0 atom stereocenters. The Morgan fingerprint density at radius 1 is 1.24 bits per heavy atom. The number of anilines is 2. The lowest BCUT2D eigenvalue weighted by Gasteiger charge is -2.45. The van der Waals surface area contributed by atoms with E-state index in [9.17, 15) is 9.18 Å². The summed E-state index contributed by atoms with van der Waals surface area (Å²) >= 11 is 0. The number of hydrogen-bond acceptors (Lipinski definition) is 4. The molecule has 2 aliphatic rings. The van der Waals surface area contributed by atoms with Crippen molar-refractivity contribution >= 4 is 17.3 Å². The lowest BCUT2D eigenvalue weighted by Crippen LogP contribution is -2.59. The molecule has 6 nitrogen and oxygen atoms in total. The molecule has 0 bridgehead atoms. The van der Waals surface area contributed by atoms with Crippen LogP contribution in [0.25, 0.3) is 11.1 Å². The zero-order valence-corrected chi connectivity index (χ0v) is 16.0. The quantitative estimate of drug-likeness (QED) is 0.701. The van der Waals surface area contributed by atoms with Gasteiger partial charge in [0.05, 0.1) is 24.0 Å². The molecule has 1 aliphatic heterocycles. The second kappa shape index (κ2) is 6.62. The summed E-state index contributed by atoms with van der Waals surface area (Å²) in [5.74, 6) is -0.470. The highest BCUT2D eigenvalue weighted by molar-refractivity contribution is 6.04. The molecule has 0 saturated heterocycles. The molecular weight excluding hydrogens is 371 g/mol. The zero-order valence-electron chi connectivity index (χ0n) is 16.0. The number of pyridine rings is 1. The summed E-state index contributed by atoms with van der Waals surface area (Å²) < 4.78 is 21.5. The van der Waals surface area contributed by atoms with Crippen molar-refractivity contribution in [2.45, 2.75) is 31.3 Å². The van der Waals surface area contributed by atoms with E-state index in [1.807, 2.05) is 22.9 Å². The summed E-state index contributed by atoms with van der Waals surface area (Å²) in [5, 5.41) is 6.47. The molecule has 3 aromatic rings. The number of benzene rings is 1. The van der Waals surface area contributed by atoms with Crippen LogP contribution in [0, 0.1) is 5.82 Å². The van der Waals surface area contributed by atoms with Crippen molar-refractivity contribution in [3.63, 3.8) is 0 Å². The van der Waals surface area contributed by atoms with Gasteiger partial charge in [-0.15, -0.1) is 0 Å². The van der Waals surface area contributed by atoms with Gasteiger partial charge >= 0.3 is 0 Å². The van der Waals surface area contributed by atoms with Crippen molar-refractivity contribution in [3.8, 4) is 16.9 Å². The minimum Gasteiger partial charge on any atom is -0.492 e. The number of halogens is 1. The SMILES string of the molecule is COc1c(F)cccc1Nc1c(-c2ccncc2)cn2c1C(=O)NC1(CCC1)C2. The number of nitrogens with one attached hydrogen (secondary N) is 2. The van der Waals surface area contributed by atoms with Crippen LogP contribution in [-0.4, -0.2) is 28.1 Å². The molecule has 29 heavy (non-hydrogen) atoms. The Labute approximate surface area is 167 Å². The molecule has 5 rings (SSSR count). The van der Waals surface area contributed by atoms with Crippen molar-refractivity contribution in [1.82, 2.24) is 14.9 Å². The van der Waals surface area contributed by atoms with Gasteiger partial charge in [0, 0.05) is 30.7 Å². The highest BCUT2D eigenvalue weighted by atomic mass is 19.1. The van der Waals surface area contributed by atoms with E-state index >= 15 is 0 Å². The Morgan fingerprint density at radius 3 is 2.72 bits per heavy atom. The summed E-state index contributed by atoms with van der Waals surface area (Å²) in [6, 6.07) is 8.48. The number of carbonyl (C=O) groups excluding carboxylic acids is 1. The van der Waals surface area contributed by atoms with E-state index in [-0.39, 0.29) is 17.2 Å². The molecular formula is C22H21FN4O2. The Bertz CT molecular complexity index is 1090. The lowest BCUT2D eigenvalue weighted by molar-refractivity contribution is 0.0720. The Morgan fingerprint density at radius 2 is 2.03 bits per heavy atom. The minimum atomic E-state index is -0.464. The molecule has 0 unspecified atom stereocenters. The van der Waals surface area contributed by atoms with Crippen LogP contribution in [0.4, 0.5) is 15.8 Å². The molecule has 1 amide bonds. The average Bonchev–Trinajstić information content (AvgIpc) is 3.06. The first-order chi connectivity index (χ1) is 14.1. The van der Waals surface area contributed by atoms with Gasteiger partial charge in [0.25, 0.3) is 5.91 Å². The molecule has 1 aliphatic carbocycles. The van der Waals surface area contributed by atoms with Crippen molar-refractivity contribution in [1.29, 1.82) is 0 Å². The number of aromatic nitrogens is 2. The van der Waals surface area contributed by atoms with Crippen molar-refractivity contribution < 1.29 is 13.9 Å². The summed E-state index contributed by atoms with van der Waals surface area (Å²) in [6.45, 7) is 0.730. The maximum atomic E-state index is 14.2. The van der Waals surface area contributed by atoms with E-state index in [0.29, 0.717) is 17.1 Å². The summed E-state index contributed by atoms with van der Waals surface area (Å²) in [6.07, 6.45) is 8.53. The van der Waals surface area contributed by atoms with Crippen molar-refractivity contribution in [2.24, 2.45) is 0 Å². The van der Waals surface area contributed by atoms with Gasteiger partial charge in [-0.3, -0.25) is 9.78 Å². The Hall–Kier alpha value is -3.35. The van der Waals surface area contributed by atoms with Gasteiger partial charge in [-0.2, -0.15) is 0 Å². The third kappa shape index (κ3) is 2.85. The van der Waals surface area contributed by atoms with Crippen LogP contribution in [0.2, 0.25) is 0 Å². The first kappa shape index (κ1) is 17.7. The molecule has 1 spiro atoms. The first-order valence-corrected chi connectivity index (χ1v) is 9.66. The van der Waals surface area contributed by atoms with Gasteiger partial charge in [-0.1, -0.05) is 6.07 Å². The molecule has 3 heterocycles. The van der Waals surface area contributed by atoms with Crippen LogP contribution in [0.1, 0.15) is 29.8 Å². The Kier molecular flexibility index (Phi) is 4.04. The van der Waals surface area contributed by atoms with Gasteiger partial charge in [-0.05, 0) is 49.1 Å². The number of rotatable bonds is 4. The standard InChI is InChI=1S/C22H21FN4O2/c1-29-20-16(23)4-2-5-17(20)25-18-15(14-6-10-24-11-7-14)12-27-13-22(8-3-9-22)26-21(28)19(18)27/h2,4-7,10-12,25H,3,8-9,13H2,1H3,(H,26,28). The fourth-order valence-electron chi connectivity index (χ4n) is 4.30. The fraction of sp³-hybridized carbons (Fsp3) is 0.273. The summed E-state index contributed by atoms with van der Waals surface area (Å²) in [7, 11) is 1.43. The van der Waals surface area contributed by atoms with Gasteiger partial charge in [0.2, 0.25) is 0 Å². The zero-order chi connectivity index (χ0) is 20.0. The third-order valence-electron chi connectivity index (χ3n) is 5.88. The minimum absolute atomic E-state index is 0.111. The summed E-state index contributed by atoms with van der Waals surface area (Å²) in [5.41, 5.74) is 3.28. The number of nitrogens with zero attached hydrogens (tertiary/aromatic N) is 2. The van der Waals surface area contributed by atoms with Gasteiger partial charge in [-0.25, -0.2) is 4.39 Å². The second-order valence-electron chi connectivity index (χ2n) is 7.66. The number of fused-ring (bicyclic) bond motifs is 1. The van der Waals surface area contributed by atoms with Gasteiger partial charge in [0.15, 0.2) is 11.6 Å². The lowest BCUT2D eigenvalue weighted by atomic mass is 9.75. The molecule has 148 valence electrons. The van der Waals surface area contributed by atoms with Crippen LogP contribution in [0.15, 0.2) is 48.9 Å². The Balaban J connectivity index is 1.66. The van der Waals surface area contributed by atoms with Gasteiger partial charge in [0.1, 0.15) is 5.69 Å². The van der Waals surface area contributed by atoms with Crippen LogP contribution < -0.4 is 15.4 Å². The average molecular weight is 392 g/mol. The number of hydrogen-bond donors (Lipinski definition) is 2. The smallest absolute Gasteiger partial charge is 0.270 e. The van der Waals surface area contributed by atoms with E-state index in [1.54, 1.807) is 24.5 Å². The van der Waals surface area contributed by atoms with Crippen LogP contribution in [0.3, 0.4) is 0 Å². The number of ether oxygens (including phenoxy) is 1. The van der Waals surface area contributed by atoms with E-state index in [0.717, 1.165) is 36.9 Å². The molecule has 1 saturated carbocycles. The molecule has 2 N–H and O–H groups in total. The molecule has 7 heteroatoms. The van der Waals surface area contributed by atoms with Crippen LogP contribution in [-0.2, 0) is 6.54 Å². The van der Waals surface area contributed by atoms with Crippen molar-refractivity contribution in [2.75, 3.05) is 12.4 Å². The highest BCUT2D eigenvalue weighted by Gasteiger charge is 2.44. The van der Waals surface area contributed by atoms with E-state index in [1.165, 1.54) is 13.2 Å². The predicted molar refractivity (Wildman–Crippen MR) is 108 cm³/mol. The topological polar surface area (TPSA) is 68.2 Å². The van der Waals surface area contributed by atoms with Crippen LogP contribution in [0.5, 0.6) is 5.75 Å². The largest absolute Gasteiger partial charge is 0.492 e. The highest BCUT2D eigenvalue weighted by Crippen LogP contribution is 2.43. The van der Waals surface area contributed by atoms with Crippen molar-refractivity contribution in [3.05, 3.63) is 60.4 Å². The molecule has 1 aromatic carbocycles. The maximum absolute atomic E-state index is 14.2. The number of carbonyl (C=O) groups is 1. The fourth-order valence-corrected chi connectivity index (χ4v) is 4.30. The normalized spacial score (nSPS) is 16.7. The predicted octanol–water partition coefficient (Wildman–Crippen LogP) is 4.11. The van der Waals surface area contributed by atoms with E-state index in [2.05, 4.69) is 15.6 Å². The second-order valence-corrected chi connectivity index (χ2v) is 7.66. The summed E-state index contributed by atoms with van der Waals surface area (Å²) in [4.78, 5) is 17.2. The molecule has 0 radical (unpaired) electrons. The monoisotopic (exact) mass is 392 g/mol. The van der Waals surface area contributed by atoms with E-state index < -0.39 is 5.82 Å².